The highest BCUT2D eigenvalue weighted by Gasteiger charge is 2.27. The molecule has 0 saturated heterocycles. The van der Waals surface area contributed by atoms with Gasteiger partial charge in [0.25, 0.3) is 15.5 Å². The first-order chi connectivity index (χ1) is 6.75. The van der Waals surface area contributed by atoms with E-state index in [1.165, 1.54) is 6.92 Å². The van der Waals surface area contributed by atoms with Gasteiger partial charge < -0.3 is 0 Å². The number of hydrogen-bond acceptors (Lipinski definition) is 3. The van der Waals surface area contributed by atoms with Crippen LogP contribution in [-0.4, -0.2) is 13.4 Å². The molecule has 0 aliphatic heterocycles. The third-order valence-corrected chi connectivity index (χ3v) is 3.45. The molecule has 0 aromatic carbocycles. The highest BCUT2D eigenvalue weighted by Crippen LogP contribution is 2.34. The molecule has 0 fully saturated rings. The Morgan fingerprint density at radius 3 is 2.33 bits per heavy atom. The molecule has 1 aromatic heterocycles. The summed E-state index contributed by atoms with van der Waals surface area (Å²) in [6, 6.07) is 0. The lowest BCUT2D eigenvalue weighted by Gasteiger charge is -2.09. The zero-order chi connectivity index (χ0) is 11.8. The normalized spacial score (nSPS) is 12.1. The maximum atomic E-state index is 12.6. The van der Waals surface area contributed by atoms with Gasteiger partial charge in [0.1, 0.15) is 10.0 Å². The molecule has 8 heteroatoms. The van der Waals surface area contributed by atoms with Gasteiger partial charge in [-0.15, -0.1) is 0 Å². The zero-order valence-electron chi connectivity index (χ0n) is 7.34. The van der Waals surface area contributed by atoms with E-state index in [9.17, 15) is 17.2 Å². The molecule has 0 aliphatic carbocycles. The van der Waals surface area contributed by atoms with Crippen LogP contribution in [0.15, 0.2) is 11.1 Å². The van der Waals surface area contributed by atoms with E-state index in [0.717, 1.165) is 6.20 Å². The Kier molecular flexibility index (Phi) is 3.52. The van der Waals surface area contributed by atoms with Crippen molar-refractivity contribution in [3.05, 3.63) is 22.5 Å². The highest BCUT2D eigenvalue weighted by molar-refractivity contribution is 8.13. The second-order valence-corrected chi connectivity index (χ2v) is 5.57. The SMILES string of the molecule is Cc1cnc(Cl)c(S(=O)(=O)Cl)c1C(F)F. The fourth-order valence-electron chi connectivity index (χ4n) is 1.08. The number of alkyl halides is 2. The van der Waals surface area contributed by atoms with E-state index in [0.29, 0.717) is 0 Å². The lowest BCUT2D eigenvalue weighted by atomic mass is 10.2. The van der Waals surface area contributed by atoms with Crippen molar-refractivity contribution in [3.8, 4) is 0 Å². The van der Waals surface area contributed by atoms with Gasteiger partial charge in [-0.3, -0.25) is 0 Å². The predicted octanol–water partition coefficient (Wildman–Crippen LogP) is 2.91. The number of pyridine rings is 1. The van der Waals surface area contributed by atoms with Crippen LogP contribution < -0.4 is 0 Å². The summed E-state index contributed by atoms with van der Waals surface area (Å²) in [5.41, 5.74) is -0.682. The molecule has 0 saturated carbocycles. The van der Waals surface area contributed by atoms with Crippen LogP contribution in [0.3, 0.4) is 0 Å². The third kappa shape index (κ3) is 2.56. The Balaban J connectivity index is 3.68. The molecule has 1 aromatic rings. The van der Waals surface area contributed by atoms with Crippen LogP contribution in [0.1, 0.15) is 17.6 Å². The van der Waals surface area contributed by atoms with E-state index in [1.807, 2.05) is 0 Å². The summed E-state index contributed by atoms with van der Waals surface area (Å²) in [7, 11) is 0.666. The lowest BCUT2D eigenvalue weighted by Crippen LogP contribution is -2.04. The molecule has 1 heterocycles. The number of rotatable bonds is 2. The summed E-state index contributed by atoms with van der Waals surface area (Å²) in [5, 5.41) is -0.550. The molecule has 0 aliphatic rings. The molecule has 84 valence electrons. The highest BCUT2D eigenvalue weighted by atomic mass is 35.7. The van der Waals surface area contributed by atoms with E-state index in [4.69, 9.17) is 22.3 Å². The number of hydrogen-bond donors (Lipinski definition) is 0. The van der Waals surface area contributed by atoms with E-state index in [-0.39, 0.29) is 5.56 Å². The Morgan fingerprint density at radius 1 is 1.47 bits per heavy atom. The first kappa shape index (κ1) is 12.6. The van der Waals surface area contributed by atoms with Gasteiger partial charge in [0.05, 0.1) is 0 Å². The molecule has 15 heavy (non-hydrogen) atoms. The van der Waals surface area contributed by atoms with Gasteiger partial charge in [-0.1, -0.05) is 11.6 Å². The first-order valence-corrected chi connectivity index (χ1v) is 6.31. The van der Waals surface area contributed by atoms with Crippen LogP contribution in [0.5, 0.6) is 0 Å². The number of aromatic nitrogens is 1. The van der Waals surface area contributed by atoms with E-state index >= 15 is 0 Å². The van der Waals surface area contributed by atoms with Crippen LogP contribution in [0, 0.1) is 6.92 Å². The maximum Gasteiger partial charge on any atom is 0.265 e. The Labute approximate surface area is 94.4 Å². The van der Waals surface area contributed by atoms with Gasteiger partial charge in [-0.05, 0) is 12.5 Å². The van der Waals surface area contributed by atoms with Gasteiger partial charge >= 0.3 is 0 Å². The van der Waals surface area contributed by atoms with Crippen LogP contribution in [0.25, 0.3) is 0 Å². The van der Waals surface area contributed by atoms with Crippen molar-refractivity contribution in [2.75, 3.05) is 0 Å². The zero-order valence-corrected chi connectivity index (χ0v) is 9.67. The Morgan fingerprint density at radius 2 is 2.00 bits per heavy atom. The average molecular weight is 276 g/mol. The smallest absolute Gasteiger partial charge is 0.243 e. The topological polar surface area (TPSA) is 47.0 Å². The predicted molar refractivity (Wildman–Crippen MR) is 52.0 cm³/mol. The Hall–Kier alpha value is -0.460. The summed E-state index contributed by atoms with van der Waals surface area (Å²) in [5.74, 6) is 0. The molecular weight excluding hydrogens is 271 g/mol. The quantitative estimate of drug-likeness (QED) is 0.616. The molecule has 0 radical (unpaired) electrons. The van der Waals surface area contributed by atoms with Gasteiger partial charge in [-0.25, -0.2) is 22.2 Å². The van der Waals surface area contributed by atoms with Crippen LogP contribution in [0.2, 0.25) is 5.15 Å². The monoisotopic (exact) mass is 275 g/mol. The first-order valence-electron chi connectivity index (χ1n) is 3.63. The fourth-order valence-corrected chi connectivity index (χ4v) is 2.88. The van der Waals surface area contributed by atoms with Crippen molar-refractivity contribution >= 4 is 31.3 Å². The second-order valence-electron chi connectivity index (χ2n) is 2.71. The summed E-state index contributed by atoms with van der Waals surface area (Å²) in [6.45, 7) is 1.30. The van der Waals surface area contributed by atoms with E-state index in [2.05, 4.69) is 4.98 Å². The van der Waals surface area contributed by atoms with Crippen molar-refractivity contribution in [1.82, 2.24) is 4.98 Å². The molecule has 1 rings (SSSR count). The van der Waals surface area contributed by atoms with Crippen LogP contribution in [-0.2, 0) is 9.05 Å². The van der Waals surface area contributed by atoms with Crippen molar-refractivity contribution in [3.63, 3.8) is 0 Å². The number of aryl methyl sites for hydroxylation is 1. The average Bonchev–Trinajstić information content (AvgIpc) is 2.05. The minimum atomic E-state index is -4.33. The van der Waals surface area contributed by atoms with Crippen molar-refractivity contribution < 1.29 is 17.2 Å². The molecule has 0 amide bonds. The maximum absolute atomic E-state index is 12.6. The summed E-state index contributed by atoms with van der Waals surface area (Å²) < 4.78 is 47.3. The summed E-state index contributed by atoms with van der Waals surface area (Å²) in [4.78, 5) is 2.64. The third-order valence-electron chi connectivity index (χ3n) is 1.69. The van der Waals surface area contributed by atoms with Crippen LogP contribution in [0.4, 0.5) is 8.78 Å². The minimum absolute atomic E-state index is 0.0219. The molecule has 0 N–H and O–H groups in total. The second kappa shape index (κ2) is 4.19. The van der Waals surface area contributed by atoms with Gasteiger partial charge in [0.15, 0.2) is 0 Å². The summed E-state index contributed by atoms with van der Waals surface area (Å²) in [6.07, 6.45) is -1.91. The van der Waals surface area contributed by atoms with Gasteiger partial charge in [0, 0.05) is 22.4 Å². The Bertz CT molecular complexity index is 490. The number of halogens is 4. The molecule has 0 spiro atoms. The van der Waals surface area contributed by atoms with E-state index < -0.39 is 31.1 Å². The molecule has 0 atom stereocenters. The minimum Gasteiger partial charge on any atom is -0.243 e. The van der Waals surface area contributed by atoms with Crippen molar-refractivity contribution in [2.24, 2.45) is 0 Å². The standard InChI is InChI=1S/C7H5Cl2F2NO2S/c1-3-2-12-6(8)5(15(9,13)14)4(3)7(10)11/h2,7H,1H3. The molecule has 3 nitrogen and oxygen atoms in total. The molecule has 0 unspecified atom stereocenters. The fraction of sp³-hybridized carbons (Fsp3) is 0.286. The van der Waals surface area contributed by atoms with E-state index in [1.54, 1.807) is 0 Å². The molecule has 0 bridgehead atoms. The summed E-state index contributed by atoms with van der Waals surface area (Å²) >= 11 is 5.42. The van der Waals surface area contributed by atoms with Crippen molar-refractivity contribution in [2.45, 2.75) is 18.2 Å². The number of nitrogens with zero attached hydrogens (tertiary/aromatic N) is 1. The largest absolute Gasteiger partial charge is 0.265 e. The van der Waals surface area contributed by atoms with Crippen LogP contribution >= 0.6 is 22.3 Å². The van der Waals surface area contributed by atoms with Gasteiger partial charge in [-0.2, -0.15) is 0 Å². The van der Waals surface area contributed by atoms with Gasteiger partial charge in [0.2, 0.25) is 0 Å². The molecular formula is C7H5Cl2F2NO2S. The van der Waals surface area contributed by atoms with Crippen molar-refractivity contribution in [1.29, 1.82) is 0 Å². The lowest BCUT2D eigenvalue weighted by molar-refractivity contribution is 0.147.